The van der Waals surface area contributed by atoms with Gasteiger partial charge in [0.05, 0.1) is 10.0 Å². The molecule has 1 fully saturated rings. The van der Waals surface area contributed by atoms with Gasteiger partial charge in [0.2, 0.25) is 0 Å². The average molecular weight is 437 g/mol. The van der Waals surface area contributed by atoms with Crippen LogP contribution in [0, 0.1) is 17.8 Å². The fraction of sp³-hybridized carbons (Fsp3) is 0.625. The Hall–Kier alpha value is -1.03. The Labute approximate surface area is 186 Å². The lowest BCUT2D eigenvalue weighted by Crippen LogP contribution is -2.43. The number of hydrogen-bond acceptors (Lipinski definition) is 2. The van der Waals surface area contributed by atoms with Crippen molar-refractivity contribution in [1.29, 1.82) is 0 Å². The van der Waals surface area contributed by atoms with Gasteiger partial charge in [-0.3, -0.25) is 4.79 Å². The molecule has 4 atom stereocenters. The highest BCUT2D eigenvalue weighted by Crippen LogP contribution is 2.44. The number of amides is 1. The summed E-state index contributed by atoms with van der Waals surface area (Å²) in [5, 5.41) is 0.926. The molecule has 0 saturated heterocycles. The van der Waals surface area contributed by atoms with Crippen molar-refractivity contribution in [2.75, 3.05) is 26.2 Å². The van der Waals surface area contributed by atoms with E-state index in [-0.39, 0.29) is 11.9 Å². The molecular formula is C24H34Cl2N2O. The quantitative estimate of drug-likeness (QED) is 0.410. The summed E-state index contributed by atoms with van der Waals surface area (Å²) in [5.41, 5.74) is 0.633. The molecule has 29 heavy (non-hydrogen) atoms. The van der Waals surface area contributed by atoms with E-state index in [4.69, 9.17) is 23.2 Å². The molecule has 0 aromatic heterocycles. The highest BCUT2D eigenvalue weighted by Gasteiger charge is 2.38. The number of nitrogens with zero attached hydrogens (tertiary/aromatic N) is 2. The molecule has 3 rings (SSSR count). The van der Waals surface area contributed by atoms with Crippen LogP contribution in [0.4, 0.5) is 0 Å². The summed E-state index contributed by atoms with van der Waals surface area (Å²) in [5.74, 6) is 1.99. The number of carbonyl (C=O) groups is 1. The van der Waals surface area contributed by atoms with Gasteiger partial charge in [-0.15, -0.1) is 0 Å². The third-order valence-electron chi connectivity index (χ3n) is 6.80. The summed E-state index contributed by atoms with van der Waals surface area (Å²) in [7, 11) is 0. The van der Waals surface area contributed by atoms with Crippen molar-refractivity contribution in [2.45, 2.75) is 52.5 Å². The van der Waals surface area contributed by atoms with E-state index in [9.17, 15) is 4.79 Å². The Kier molecular flexibility index (Phi) is 8.07. The van der Waals surface area contributed by atoms with Gasteiger partial charge in [0.1, 0.15) is 0 Å². The van der Waals surface area contributed by atoms with Crippen molar-refractivity contribution < 1.29 is 4.79 Å². The number of hydrogen-bond donors (Lipinski definition) is 0. The van der Waals surface area contributed by atoms with Gasteiger partial charge in [-0.25, -0.2) is 0 Å². The largest absolute Gasteiger partial charge is 0.336 e. The summed E-state index contributed by atoms with van der Waals surface area (Å²) in [6.07, 6.45) is 9.31. The van der Waals surface area contributed by atoms with E-state index in [0.29, 0.717) is 33.4 Å². The van der Waals surface area contributed by atoms with E-state index < -0.39 is 0 Å². The molecule has 0 radical (unpaired) electrons. The van der Waals surface area contributed by atoms with Gasteiger partial charge < -0.3 is 9.80 Å². The summed E-state index contributed by atoms with van der Waals surface area (Å²) in [6.45, 7) is 10.7. The van der Waals surface area contributed by atoms with Crippen molar-refractivity contribution in [3.05, 3.63) is 46.0 Å². The van der Waals surface area contributed by atoms with Crippen LogP contribution in [0.5, 0.6) is 0 Å². The van der Waals surface area contributed by atoms with Crippen LogP contribution in [-0.2, 0) is 0 Å². The lowest BCUT2D eigenvalue weighted by atomic mass is 9.92. The van der Waals surface area contributed by atoms with Crippen molar-refractivity contribution >= 4 is 29.1 Å². The van der Waals surface area contributed by atoms with Gasteiger partial charge in [-0.05, 0) is 88.2 Å². The first-order chi connectivity index (χ1) is 13.9. The van der Waals surface area contributed by atoms with Crippen LogP contribution in [0.25, 0.3) is 0 Å². The number of benzene rings is 1. The summed E-state index contributed by atoms with van der Waals surface area (Å²) in [4.78, 5) is 18.0. The molecule has 0 heterocycles. The second-order valence-corrected chi connectivity index (χ2v) is 9.46. The van der Waals surface area contributed by atoms with Crippen molar-refractivity contribution in [2.24, 2.45) is 17.8 Å². The SMILES string of the molecule is CCN(CC)CCCC(C)N(CC1CC2C=CC1C2)C(=O)c1ccc(Cl)c(Cl)c1. The third-order valence-corrected chi connectivity index (χ3v) is 7.54. The monoisotopic (exact) mass is 436 g/mol. The van der Waals surface area contributed by atoms with Crippen LogP contribution in [0.2, 0.25) is 10.0 Å². The normalized spacial score (nSPS) is 23.7. The molecule has 5 heteroatoms. The first kappa shape index (κ1) is 22.7. The van der Waals surface area contributed by atoms with E-state index >= 15 is 0 Å². The van der Waals surface area contributed by atoms with Crippen LogP contribution in [0.3, 0.4) is 0 Å². The molecular weight excluding hydrogens is 403 g/mol. The molecule has 2 aliphatic carbocycles. The molecule has 2 bridgehead atoms. The molecule has 0 N–H and O–H groups in total. The zero-order chi connectivity index (χ0) is 21.0. The highest BCUT2D eigenvalue weighted by molar-refractivity contribution is 6.42. The van der Waals surface area contributed by atoms with Gasteiger partial charge in [-0.2, -0.15) is 0 Å². The molecule has 4 unspecified atom stereocenters. The summed E-state index contributed by atoms with van der Waals surface area (Å²) >= 11 is 12.3. The number of carbonyl (C=O) groups excluding carboxylic acids is 1. The fourth-order valence-corrected chi connectivity index (χ4v) is 5.22. The number of halogens is 2. The highest BCUT2D eigenvalue weighted by atomic mass is 35.5. The zero-order valence-corrected chi connectivity index (χ0v) is 19.4. The van der Waals surface area contributed by atoms with Crippen LogP contribution in [0.15, 0.2) is 30.4 Å². The predicted octanol–water partition coefficient (Wildman–Crippen LogP) is 6.16. The van der Waals surface area contributed by atoms with Crippen molar-refractivity contribution in [3.63, 3.8) is 0 Å². The Bertz CT molecular complexity index is 732. The molecule has 2 aliphatic rings. The Morgan fingerprint density at radius 2 is 1.90 bits per heavy atom. The Balaban J connectivity index is 1.70. The van der Waals surface area contributed by atoms with Crippen molar-refractivity contribution in [3.8, 4) is 0 Å². The lowest BCUT2D eigenvalue weighted by Gasteiger charge is -2.34. The van der Waals surface area contributed by atoms with Gasteiger partial charge in [-0.1, -0.05) is 49.2 Å². The minimum absolute atomic E-state index is 0.0747. The van der Waals surface area contributed by atoms with Crippen molar-refractivity contribution in [1.82, 2.24) is 9.80 Å². The number of rotatable bonds is 10. The standard InChI is InChI=1S/C24H34Cl2N2O/c1-4-27(5-2)12-6-7-17(3)28(16-21-14-18-8-9-19(21)13-18)24(29)20-10-11-22(25)23(26)15-20/h8-11,15,17-19,21H,4-7,12-14,16H2,1-3H3. The number of allylic oxidation sites excluding steroid dienone is 2. The molecule has 160 valence electrons. The minimum Gasteiger partial charge on any atom is -0.336 e. The minimum atomic E-state index is 0.0747. The average Bonchev–Trinajstić information content (AvgIpc) is 3.34. The third kappa shape index (κ3) is 5.57. The molecule has 1 aromatic carbocycles. The van der Waals surface area contributed by atoms with E-state index in [1.807, 2.05) is 0 Å². The Morgan fingerprint density at radius 1 is 1.14 bits per heavy atom. The van der Waals surface area contributed by atoms with Gasteiger partial charge >= 0.3 is 0 Å². The Morgan fingerprint density at radius 3 is 2.48 bits per heavy atom. The van der Waals surface area contributed by atoms with Crippen LogP contribution < -0.4 is 0 Å². The van der Waals surface area contributed by atoms with E-state index in [1.54, 1.807) is 18.2 Å². The maximum atomic E-state index is 13.4. The summed E-state index contributed by atoms with van der Waals surface area (Å²) in [6, 6.07) is 5.44. The molecule has 1 saturated carbocycles. The molecule has 1 amide bonds. The molecule has 3 nitrogen and oxygen atoms in total. The summed E-state index contributed by atoms with van der Waals surface area (Å²) < 4.78 is 0. The first-order valence-corrected chi connectivity index (χ1v) is 11.8. The second-order valence-electron chi connectivity index (χ2n) is 8.64. The van der Waals surface area contributed by atoms with Gasteiger partial charge in [0.25, 0.3) is 5.91 Å². The van der Waals surface area contributed by atoms with E-state index in [1.165, 1.54) is 12.8 Å². The first-order valence-electron chi connectivity index (χ1n) is 11.1. The second kappa shape index (κ2) is 10.3. The molecule has 1 aromatic rings. The maximum Gasteiger partial charge on any atom is 0.254 e. The fourth-order valence-electron chi connectivity index (χ4n) is 4.92. The van der Waals surface area contributed by atoms with Gasteiger partial charge in [0, 0.05) is 18.2 Å². The zero-order valence-electron chi connectivity index (χ0n) is 17.9. The number of fused-ring (bicyclic) bond motifs is 2. The topological polar surface area (TPSA) is 23.6 Å². The van der Waals surface area contributed by atoms with E-state index in [0.717, 1.165) is 39.0 Å². The smallest absolute Gasteiger partial charge is 0.254 e. The van der Waals surface area contributed by atoms with Crippen LogP contribution >= 0.6 is 23.2 Å². The van der Waals surface area contributed by atoms with Crippen LogP contribution in [-0.4, -0.2) is 47.9 Å². The van der Waals surface area contributed by atoms with E-state index in [2.05, 4.69) is 42.7 Å². The maximum absolute atomic E-state index is 13.4. The molecule has 0 aliphatic heterocycles. The van der Waals surface area contributed by atoms with Crippen LogP contribution in [0.1, 0.15) is 56.8 Å². The van der Waals surface area contributed by atoms with Gasteiger partial charge in [0.15, 0.2) is 0 Å². The predicted molar refractivity (Wildman–Crippen MR) is 123 cm³/mol. The molecule has 0 spiro atoms. The lowest BCUT2D eigenvalue weighted by molar-refractivity contribution is 0.0631.